The van der Waals surface area contributed by atoms with Gasteiger partial charge in [-0.15, -0.1) is 0 Å². The highest BCUT2D eigenvalue weighted by molar-refractivity contribution is 9.09. The molecule has 5 rings (SSSR count). The van der Waals surface area contributed by atoms with E-state index in [0.717, 1.165) is 30.0 Å². The third kappa shape index (κ3) is 2.39. The Morgan fingerprint density at radius 2 is 1.84 bits per heavy atom. The zero-order chi connectivity index (χ0) is 12.9. The van der Waals surface area contributed by atoms with Crippen molar-refractivity contribution in [2.75, 3.05) is 0 Å². The van der Waals surface area contributed by atoms with Crippen LogP contribution in [-0.2, 0) is 6.42 Å². The summed E-state index contributed by atoms with van der Waals surface area (Å²) in [7, 11) is 0. The number of halogens is 1. The third-order valence-electron chi connectivity index (χ3n) is 5.79. The number of hydrogen-bond donors (Lipinski definition) is 1. The molecule has 4 aliphatic rings. The lowest BCUT2D eigenvalue weighted by Crippen LogP contribution is -2.47. The van der Waals surface area contributed by atoms with Crippen molar-refractivity contribution >= 4 is 15.9 Å². The van der Waals surface area contributed by atoms with E-state index in [1.807, 2.05) is 12.4 Å². The number of H-pyrrole nitrogens is 1. The van der Waals surface area contributed by atoms with Gasteiger partial charge in [-0.1, -0.05) is 15.9 Å². The van der Waals surface area contributed by atoms with Crippen molar-refractivity contribution in [1.29, 1.82) is 0 Å². The number of aromatic nitrogens is 2. The van der Waals surface area contributed by atoms with Crippen LogP contribution < -0.4 is 0 Å². The Morgan fingerprint density at radius 1 is 1.21 bits per heavy atom. The van der Waals surface area contributed by atoms with Gasteiger partial charge in [0, 0.05) is 23.6 Å². The molecule has 1 aromatic heterocycles. The number of aromatic amines is 1. The summed E-state index contributed by atoms with van der Waals surface area (Å²) in [5.41, 5.74) is 0.676. The summed E-state index contributed by atoms with van der Waals surface area (Å²) >= 11 is 3.93. The molecule has 3 heteroatoms. The van der Waals surface area contributed by atoms with Crippen molar-refractivity contribution in [2.24, 2.45) is 23.2 Å². The van der Waals surface area contributed by atoms with Gasteiger partial charge in [-0.2, -0.15) is 0 Å². The minimum absolute atomic E-state index is 0.592. The second-order valence-corrected chi connectivity index (χ2v) is 8.75. The lowest BCUT2D eigenvalue weighted by Gasteiger charge is -2.57. The van der Waals surface area contributed by atoms with Crippen molar-refractivity contribution < 1.29 is 0 Å². The van der Waals surface area contributed by atoms with Gasteiger partial charge >= 0.3 is 0 Å². The van der Waals surface area contributed by atoms with Gasteiger partial charge in [-0.25, -0.2) is 4.98 Å². The Bertz CT molecular complexity index is 404. The summed E-state index contributed by atoms with van der Waals surface area (Å²) in [6.45, 7) is 0. The van der Waals surface area contributed by atoms with Crippen LogP contribution in [0.3, 0.4) is 0 Å². The summed E-state index contributed by atoms with van der Waals surface area (Å²) in [6, 6.07) is 0. The molecule has 104 valence electrons. The van der Waals surface area contributed by atoms with Crippen molar-refractivity contribution in [3.63, 3.8) is 0 Å². The minimum atomic E-state index is 0.592. The van der Waals surface area contributed by atoms with Gasteiger partial charge in [-0.3, -0.25) is 0 Å². The highest BCUT2D eigenvalue weighted by Crippen LogP contribution is 2.62. The van der Waals surface area contributed by atoms with E-state index in [0.29, 0.717) is 10.2 Å². The van der Waals surface area contributed by atoms with Crippen molar-refractivity contribution in [1.82, 2.24) is 9.97 Å². The number of nitrogens with zero attached hydrogens (tertiary/aromatic N) is 1. The molecular formula is C16H23BrN2. The molecule has 0 amide bonds. The zero-order valence-corrected chi connectivity index (χ0v) is 13.0. The fourth-order valence-corrected chi connectivity index (χ4v) is 6.69. The molecule has 0 aromatic carbocycles. The molecule has 2 nitrogen and oxygen atoms in total. The average molecular weight is 323 g/mol. The topological polar surface area (TPSA) is 28.7 Å². The monoisotopic (exact) mass is 322 g/mol. The number of hydrogen-bond acceptors (Lipinski definition) is 1. The van der Waals surface area contributed by atoms with Crippen LogP contribution in [0, 0.1) is 23.2 Å². The van der Waals surface area contributed by atoms with Crippen LogP contribution in [0.4, 0.5) is 0 Å². The first kappa shape index (κ1) is 12.4. The predicted octanol–water partition coefficient (Wildman–Crippen LogP) is 4.32. The largest absolute Gasteiger partial charge is 0.349 e. The maximum absolute atomic E-state index is 4.36. The highest BCUT2D eigenvalue weighted by atomic mass is 79.9. The molecule has 4 aliphatic carbocycles. The number of rotatable bonds is 4. The fourth-order valence-electron chi connectivity index (χ4n) is 5.70. The first-order valence-corrected chi connectivity index (χ1v) is 8.75. The Hall–Kier alpha value is -0.310. The Morgan fingerprint density at radius 3 is 2.37 bits per heavy atom. The molecule has 0 spiro atoms. The molecule has 0 saturated heterocycles. The van der Waals surface area contributed by atoms with Crippen molar-refractivity contribution in [3.8, 4) is 0 Å². The van der Waals surface area contributed by atoms with Gasteiger partial charge in [-0.05, 0) is 68.1 Å². The number of imidazole rings is 1. The molecule has 4 bridgehead atoms. The summed E-state index contributed by atoms with van der Waals surface area (Å²) < 4.78 is 0. The van der Waals surface area contributed by atoms with Crippen LogP contribution >= 0.6 is 15.9 Å². The van der Waals surface area contributed by atoms with Crippen LogP contribution in [0.15, 0.2) is 12.4 Å². The van der Waals surface area contributed by atoms with E-state index in [4.69, 9.17) is 0 Å². The van der Waals surface area contributed by atoms with Gasteiger partial charge in [0.25, 0.3) is 0 Å². The van der Waals surface area contributed by atoms with Gasteiger partial charge in [0.2, 0.25) is 0 Å². The fraction of sp³-hybridized carbons (Fsp3) is 0.812. The summed E-state index contributed by atoms with van der Waals surface area (Å²) in [6.07, 6.45) is 15.4. The standard InChI is InChI=1S/C16H23BrN2/c17-14(6-15-18-1-2-19-15)10-16-7-11-3-12(8-16)5-13(4-11)9-16/h1-2,11-14H,3-10H2,(H,18,19). The smallest absolute Gasteiger partial charge is 0.107 e. The van der Waals surface area contributed by atoms with E-state index in [-0.39, 0.29) is 0 Å². The molecule has 1 heterocycles. The van der Waals surface area contributed by atoms with Crippen molar-refractivity contribution in [2.45, 2.75) is 56.2 Å². The molecule has 1 aromatic rings. The van der Waals surface area contributed by atoms with Crippen LogP contribution in [0.25, 0.3) is 0 Å². The van der Waals surface area contributed by atoms with Gasteiger partial charge in [0.15, 0.2) is 0 Å². The van der Waals surface area contributed by atoms with Gasteiger partial charge in [0.05, 0.1) is 0 Å². The Labute approximate surface area is 123 Å². The summed E-state index contributed by atoms with van der Waals surface area (Å²) in [5, 5.41) is 0. The zero-order valence-electron chi connectivity index (χ0n) is 11.4. The molecule has 1 atom stereocenters. The Balaban J connectivity index is 1.44. The van der Waals surface area contributed by atoms with Crippen LogP contribution in [0.1, 0.15) is 50.8 Å². The minimum Gasteiger partial charge on any atom is -0.349 e. The number of alkyl halides is 1. The first-order chi connectivity index (χ1) is 9.21. The van der Waals surface area contributed by atoms with E-state index in [1.165, 1.54) is 25.7 Å². The molecule has 4 fully saturated rings. The molecule has 1 N–H and O–H groups in total. The quantitative estimate of drug-likeness (QED) is 0.821. The van der Waals surface area contributed by atoms with Crippen LogP contribution in [-0.4, -0.2) is 14.8 Å². The molecule has 0 aliphatic heterocycles. The van der Waals surface area contributed by atoms with E-state index in [9.17, 15) is 0 Å². The van der Waals surface area contributed by atoms with E-state index in [2.05, 4.69) is 25.9 Å². The normalized spacial score (nSPS) is 41.6. The highest BCUT2D eigenvalue weighted by Gasteiger charge is 2.51. The molecule has 19 heavy (non-hydrogen) atoms. The van der Waals surface area contributed by atoms with E-state index >= 15 is 0 Å². The SMILES string of the molecule is BrC(Cc1ncc[nH]1)CC12CC3CC(CC(C3)C1)C2. The number of nitrogens with one attached hydrogen (secondary N) is 1. The molecule has 4 saturated carbocycles. The van der Waals surface area contributed by atoms with Gasteiger partial charge < -0.3 is 4.98 Å². The maximum Gasteiger partial charge on any atom is 0.107 e. The van der Waals surface area contributed by atoms with Crippen LogP contribution in [0.5, 0.6) is 0 Å². The molecule has 0 radical (unpaired) electrons. The Kier molecular flexibility index (Phi) is 3.02. The summed E-state index contributed by atoms with van der Waals surface area (Å²) in [4.78, 5) is 8.19. The maximum atomic E-state index is 4.36. The second-order valence-electron chi connectivity index (χ2n) is 7.46. The van der Waals surface area contributed by atoms with E-state index < -0.39 is 0 Å². The van der Waals surface area contributed by atoms with Crippen molar-refractivity contribution in [3.05, 3.63) is 18.2 Å². The van der Waals surface area contributed by atoms with E-state index in [1.54, 1.807) is 19.3 Å². The lowest BCUT2D eigenvalue weighted by molar-refractivity contribution is -0.0569. The summed E-state index contributed by atoms with van der Waals surface area (Å²) in [5.74, 6) is 4.32. The molecule has 1 unspecified atom stereocenters. The van der Waals surface area contributed by atoms with Gasteiger partial charge in [0.1, 0.15) is 5.82 Å². The second kappa shape index (κ2) is 4.61. The molecular weight excluding hydrogens is 300 g/mol. The lowest BCUT2D eigenvalue weighted by atomic mass is 9.48. The average Bonchev–Trinajstić information content (AvgIpc) is 2.78. The van der Waals surface area contributed by atoms with Crippen LogP contribution in [0.2, 0.25) is 0 Å². The predicted molar refractivity (Wildman–Crippen MR) is 80.2 cm³/mol. The third-order valence-corrected chi connectivity index (χ3v) is 6.44. The first-order valence-electron chi connectivity index (χ1n) is 7.83.